The van der Waals surface area contributed by atoms with Gasteiger partial charge in [0.25, 0.3) is 0 Å². The lowest BCUT2D eigenvalue weighted by Gasteiger charge is -2.47. The highest BCUT2D eigenvalue weighted by atomic mass is 35.5. The number of nitrogens with zero attached hydrogens (tertiary/aromatic N) is 1. The molecule has 0 aromatic heterocycles. The predicted octanol–water partition coefficient (Wildman–Crippen LogP) is 3.78. The van der Waals surface area contributed by atoms with Gasteiger partial charge < -0.3 is 10.6 Å². The fourth-order valence-electron chi connectivity index (χ4n) is 3.56. The van der Waals surface area contributed by atoms with Gasteiger partial charge in [-0.1, -0.05) is 43.0 Å². The van der Waals surface area contributed by atoms with Crippen molar-refractivity contribution in [2.45, 2.75) is 57.0 Å². The Balaban J connectivity index is 2.18. The Morgan fingerprint density at radius 1 is 1.25 bits per heavy atom. The number of hydrogen-bond donors (Lipinski definition) is 1. The van der Waals surface area contributed by atoms with Gasteiger partial charge >= 0.3 is 0 Å². The average molecular weight is 295 g/mol. The molecule has 2 N–H and O–H groups in total. The van der Waals surface area contributed by atoms with E-state index in [1.54, 1.807) is 0 Å². The van der Waals surface area contributed by atoms with Crippen LogP contribution in [-0.4, -0.2) is 30.6 Å². The van der Waals surface area contributed by atoms with Gasteiger partial charge in [0.05, 0.1) is 0 Å². The average Bonchev–Trinajstić information content (AvgIpc) is 2.42. The first-order valence-corrected chi connectivity index (χ1v) is 8.01. The van der Waals surface area contributed by atoms with Crippen LogP contribution < -0.4 is 5.73 Å². The maximum Gasteiger partial charge on any atom is 0.0441 e. The molecule has 1 aliphatic rings. The van der Waals surface area contributed by atoms with Crippen molar-refractivity contribution in [2.75, 3.05) is 14.1 Å². The van der Waals surface area contributed by atoms with Crippen molar-refractivity contribution in [3.8, 4) is 0 Å². The summed E-state index contributed by atoms with van der Waals surface area (Å²) in [6.07, 6.45) is 7.17. The van der Waals surface area contributed by atoms with Gasteiger partial charge in [0.2, 0.25) is 0 Å². The second-order valence-corrected chi connectivity index (χ2v) is 6.87. The molecule has 1 atom stereocenters. The van der Waals surface area contributed by atoms with Crippen molar-refractivity contribution in [1.82, 2.24) is 4.90 Å². The second kappa shape index (κ2) is 6.46. The lowest BCUT2D eigenvalue weighted by atomic mass is 9.74. The predicted molar refractivity (Wildman–Crippen MR) is 87.4 cm³/mol. The molecule has 0 radical (unpaired) electrons. The van der Waals surface area contributed by atoms with Gasteiger partial charge in [0.15, 0.2) is 0 Å². The van der Waals surface area contributed by atoms with Crippen LogP contribution in [0.1, 0.15) is 43.2 Å². The van der Waals surface area contributed by atoms with Gasteiger partial charge in [-0.05, 0) is 57.5 Å². The summed E-state index contributed by atoms with van der Waals surface area (Å²) in [5.74, 6) is 0. The fourth-order valence-corrected chi connectivity index (χ4v) is 3.87. The summed E-state index contributed by atoms with van der Waals surface area (Å²) >= 11 is 6.37. The van der Waals surface area contributed by atoms with E-state index < -0.39 is 0 Å². The summed E-state index contributed by atoms with van der Waals surface area (Å²) in [6, 6.07) is 6.42. The molecule has 0 spiro atoms. The molecule has 1 saturated carbocycles. The van der Waals surface area contributed by atoms with E-state index in [1.165, 1.54) is 43.2 Å². The lowest BCUT2D eigenvalue weighted by molar-refractivity contribution is 0.0716. The molecule has 2 rings (SSSR count). The van der Waals surface area contributed by atoms with Crippen LogP contribution >= 0.6 is 11.6 Å². The Morgan fingerprint density at radius 3 is 2.45 bits per heavy atom. The fraction of sp³-hybridized carbons (Fsp3) is 0.647. The van der Waals surface area contributed by atoms with Gasteiger partial charge in [0, 0.05) is 16.6 Å². The van der Waals surface area contributed by atoms with Crippen LogP contribution in [-0.2, 0) is 6.42 Å². The summed E-state index contributed by atoms with van der Waals surface area (Å²) in [5, 5.41) is 0.852. The molecule has 0 aliphatic heterocycles. The van der Waals surface area contributed by atoms with E-state index in [1.807, 2.05) is 6.07 Å². The normalized spacial score (nSPS) is 20.1. The molecule has 1 aromatic rings. The van der Waals surface area contributed by atoms with Gasteiger partial charge in [-0.3, -0.25) is 0 Å². The maximum atomic E-state index is 6.62. The Bertz CT molecular complexity index is 450. The van der Waals surface area contributed by atoms with Crippen molar-refractivity contribution in [3.05, 3.63) is 34.3 Å². The molecular formula is C17H27ClN2. The minimum Gasteiger partial charge on any atom is -0.326 e. The summed E-state index contributed by atoms with van der Waals surface area (Å²) in [7, 11) is 4.34. The molecule has 0 heterocycles. The highest BCUT2D eigenvalue weighted by Gasteiger charge is 2.39. The van der Waals surface area contributed by atoms with E-state index >= 15 is 0 Å². The maximum absolute atomic E-state index is 6.62. The van der Waals surface area contributed by atoms with Gasteiger partial charge in [-0.25, -0.2) is 0 Å². The minimum absolute atomic E-state index is 0.131. The van der Waals surface area contributed by atoms with Crippen molar-refractivity contribution in [1.29, 1.82) is 0 Å². The summed E-state index contributed by atoms with van der Waals surface area (Å²) in [5.41, 5.74) is 9.13. The number of benzene rings is 1. The number of halogens is 1. The monoisotopic (exact) mass is 294 g/mol. The number of aryl methyl sites for hydroxylation is 1. The zero-order chi connectivity index (χ0) is 14.8. The Hall–Kier alpha value is -0.570. The van der Waals surface area contributed by atoms with E-state index in [4.69, 9.17) is 17.3 Å². The summed E-state index contributed by atoms with van der Waals surface area (Å²) < 4.78 is 0. The minimum atomic E-state index is 0.131. The largest absolute Gasteiger partial charge is 0.326 e. The van der Waals surface area contributed by atoms with Crippen LogP contribution in [0.25, 0.3) is 0 Å². The second-order valence-electron chi connectivity index (χ2n) is 6.46. The molecular weight excluding hydrogens is 268 g/mol. The smallest absolute Gasteiger partial charge is 0.0441 e. The number of rotatable bonds is 4. The Morgan fingerprint density at radius 2 is 1.90 bits per heavy atom. The molecule has 112 valence electrons. The molecule has 1 unspecified atom stereocenters. The van der Waals surface area contributed by atoms with Gasteiger partial charge in [-0.2, -0.15) is 0 Å². The SMILES string of the molecule is Cc1ccc(CC(N)C2(N(C)C)CCCCC2)c(Cl)c1. The molecule has 1 aromatic carbocycles. The molecule has 20 heavy (non-hydrogen) atoms. The molecule has 1 aliphatic carbocycles. The Kier molecular flexibility index (Phi) is 5.11. The molecule has 2 nitrogen and oxygen atoms in total. The lowest BCUT2D eigenvalue weighted by Crippen LogP contribution is -2.59. The zero-order valence-corrected chi connectivity index (χ0v) is 13.7. The zero-order valence-electron chi connectivity index (χ0n) is 13.0. The first-order valence-electron chi connectivity index (χ1n) is 7.64. The van der Waals surface area contributed by atoms with E-state index in [9.17, 15) is 0 Å². The van der Waals surface area contributed by atoms with Crippen LogP contribution in [0.5, 0.6) is 0 Å². The van der Waals surface area contributed by atoms with E-state index in [2.05, 4.69) is 38.1 Å². The highest BCUT2D eigenvalue weighted by molar-refractivity contribution is 6.31. The van der Waals surface area contributed by atoms with Crippen LogP contribution in [0.4, 0.5) is 0 Å². The first-order chi connectivity index (χ1) is 9.45. The van der Waals surface area contributed by atoms with E-state index in [0.29, 0.717) is 0 Å². The number of hydrogen-bond acceptors (Lipinski definition) is 2. The van der Waals surface area contributed by atoms with Crippen molar-refractivity contribution in [3.63, 3.8) is 0 Å². The van der Waals surface area contributed by atoms with Crippen molar-refractivity contribution in [2.24, 2.45) is 5.73 Å². The first kappa shape index (κ1) is 15.8. The molecule has 0 amide bonds. The molecule has 0 bridgehead atoms. The van der Waals surface area contributed by atoms with Crippen LogP contribution in [0.2, 0.25) is 5.02 Å². The highest BCUT2D eigenvalue weighted by Crippen LogP contribution is 2.36. The topological polar surface area (TPSA) is 29.3 Å². The van der Waals surface area contributed by atoms with Crippen molar-refractivity contribution < 1.29 is 0 Å². The molecule has 1 fully saturated rings. The molecule has 0 saturated heterocycles. The quantitative estimate of drug-likeness (QED) is 0.915. The van der Waals surface area contributed by atoms with Crippen LogP contribution in [0.3, 0.4) is 0 Å². The van der Waals surface area contributed by atoms with Crippen molar-refractivity contribution >= 4 is 11.6 Å². The van der Waals surface area contributed by atoms with Crippen LogP contribution in [0.15, 0.2) is 18.2 Å². The molecule has 3 heteroatoms. The van der Waals surface area contributed by atoms with Crippen LogP contribution in [0, 0.1) is 6.92 Å². The van der Waals surface area contributed by atoms with E-state index in [-0.39, 0.29) is 11.6 Å². The van der Waals surface area contributed by atoms with E-state index in [0.717, 1.165) is 11.4 Å². The number of likely N-dealkylation sites (N-methyl/N-ethyl adjacent to an activating group) is 1. The summed E-state index contributed by atoms with van der Waals surface area (Å²) in [6.45, 7) is 2.07. The van der Waals surface area contributed by atoms with Gasteiger partial charge in [-0.15, -0.1) is 0 Å². The standard InChI is InChI=1S/C17H27ClN2/c1-13-7-8-14(15(18)11-13)12-16(19)17(20(2)3)9-5-4-6-10-17/h7-8,11,16H,4-6,9-10,12,19H2,1-3H3. The third-order valence-corrected chi connectivity index (χ3v) is 5.30. The third kappa shape index (κ3) is 3.19. The Labute approximate surface area is 128 Å². The van der Waals surface area contributed by atoms with Gasteiger partial charge in [0.1, 0.15) is 0 Å². The number of nitrogens with two attached hydrogens (primary N) is 1. The third-order valence-electron chi connectivity index (χ3n) is 4.95. The summed E-state index contributed by atoms with van der Waals surface area (Å²) in [4.78, 5) is 2.35.